The van der Waals surface area contributed by atoms with Crippen LogP contribution in [-0.2, 0) is 9.53 Å². The van der Waals surface area contributed by atoms with Crippen molar-refractivity contribution in [3.63, 3.8) is 0 Å². The molecule has 3 heteroatoms. The van der Waals surface area contributed by atoms with Crippen molar-refractivity contribution >= 4 is 5.97 Å². The topological polar surface area (TPSA) is 46.5 Å². The predicted octanol–water partition coefficient (Wildman–Crippen LogP) is 2.61. The Bertz CT molecular complexity index is 227. The average Bonchev–Trinajstić information content (AvgIpc) is 2.21. The molecule has 1 aliphatic rings. The van der Waals surface area contributed by atoms with Gasteiger partial charge in [0, 0.05) is 0 Å². The van der Waals surface area contributed by atoms with E-state index in [-0.39, 0.29) is 0 Å². The van der Waals surface area contributed by atoms with Gasteiger partial charge in [-0.3, -0.25) is 0 Å². The smallest absolute Gasteiger partial charge is 0.335 e. The molecule has 0 bridgehead atoms. The van der Waals surface area contributed by atoms with Crippen molar-refractivity contribution in [1.82, 2.24) is 0 Å². The molecule has 1 fully saturated rings. The van der Waals surface area contributed by atoms with Crippen LogP contribution in [0.25, 0.3) is 0 Å². The molecule has 0 atom stereocenters. The van der Waals surface area contributed by atoms with E-state index in [0.717, 1.165) is 12.8 Å². The highest BCUT2D eigenvalue weighted by Gasteiger charge is 2.42. The summed E-state index contributed by atoms with van der Waals surface area (Å²) in [6, 6.07) is 0. The van der Waals surface area contributed by atoms with Crippen molar-refractivity contribution in [2.75, 3.05) is 6.61 Å². The van der Waals surface area contributed by atoms with E-state index in [9.17, 15) is 9.90 Å². The van der Waals surface area contributed by atoms with Crippen molar-refractivity contribution in [3.8, 4) is 0 Å². The van der Waals surface area contributed by atoms with Crippen LogP contribution in [0.15, 0.2) is 12.7 Å². The molecule has 0 aromatic heterocycles. The van der Waals surface area contributed by atoms with Crippen molar-refractivity contribution in [2.24, 2.45) is 5.92 Å². The SMILES string of the molecule is C=CCCOC1(C(=O)O)CCC(C)CC1. The summed E-state index contributed by atoms with van der Waals surface area (Å²) in [6.07, 6.45) is 5.63. The summed E-state index contributed by atoms with van der Waals surface area (Å²) >= 11 is 0. The van der Waals surface area contributed by atoms with E-state index in [1.165, 1.54) is 0 Å². The Hall–Kier alpha value is -0.830. The molecule has 0 amide bonds. The zero-order valence-corrected chi connectivity index (χ0v) is 9.37. The van der Waals surface area contributed by atoms with E-state index in [2.05, 4.69) is 13.5 Å². The summed E-state index contributed by atoms with van der Waals surface area (Å²) in [6.45, 7) is 6.22. The third kappa shape index (κ3) is 3.06. The number of carbonyl (C=O) groups is 1. The number of ether oxygens (including phenoxy) is 1. The van der Waals surface area contributed by atoms with E-state index in [1.54, 1.807) is 6.08 Å². The number of rotatable bonds is 5. The van der Waals surface area contributed by atoms with Gasteiger partial charge in [-0.05, 0) is 38.0 Å². The molecule has 15 heavy (non-hydrogen) atoms. The van der Waals surface area contributed by atoms with Gasteiger partial charge < -0.3 is 9.84 Å². The third-order valence-corrected chi connectivity index (χ3v) is 3.17. The zero-order chi connectivity index (χ0) is 11.3. The van der Waals surface area contributed by atoms with Crippen LogP contribution < -0.4 is 0 Å². The lowest BCUT2D eigenvalue weighted by molar-refractivity contribution is -0.171. The first-order chi connectivity index (χ1) is 7.10. The highest BCUT2D eigenvalue weighted by molar-refractivity contribution is 5.77. The fraction of sp³-hybridized carbons (Fsp3) is 0.750. The number of carboxylic acid groups (broad SMARTS) is 1. The Labute approximate surface area is 91.1 Å². The molecule has 86 valence electrons. The van der Waals surface area contributed by atoms with Gasteiger partial charge in [0.1, 0.15) is 0 Å². The van der Waals surface area contributed by atoms with Gasteiger partial charge in [0.15, 0.2) is 5.60 Å². The molecule has 0 spiro atoms. The molecule has 0 aromatic rings. The summed E-state index contributed by atoms with van der Waals surface area (Å²) in [5.41, 5.74) is -0.921. The number of aliphatic carboxylic acids is 1. The second-order valence-electron chi connectivity index (χ2n) is 4.41. The Kier molecular flexibility index (Phi) is 4.33. The minimum absolute atomic E-state index is 0.462. The Morgan fingerprint density at radius 3 is 2.67 bits per heavy atom. The van der Waals surface area contributed by atoms with Gasteiger partial charge in [-0.1, -0.05) is 13.0 Å². The lowest BCUT2D eigenvalue weighted by Crippen LogP contribution is -2.44. The lowest BCUT2D eigenvalue weighted by Gasteiger charge is -2.35. The summed E-state index contributed by atoms with van der Waals surface area (Å²) in [5.74, 6) is -0.182. The molecule has 3 nitrogen and oxygen atoms in total. The lowest BCUT2D eigenvalue weighted by atomic mass is 9.79. The van der Waals surface area contributed by atoms with Crippen LogP contribution in [0.2, 0.25) is 0 Å². The quantitative estimate of drug-likeness (QED) is 0.563. The molecule has 0 saturated heterocycles. The maximum atomic E-state index is 11.2. The fourth-order valence-electron chi connectivity index (χ4n) is 1.99. The first-order valence-electron chi connectivity index (χ1n) is 5.59. The average molecular weight is 212 g/mol. The second kappa shape index (κ2) is 5.31. The first-order valence-corrected chi connectivity index (χ1v) is 5.59. The van der Waals surface area contributed by atoms with Gasteiger partial charge >= 0.3 is 5.97 Å². The summed E-state index contributed by atoms with van der Waals surface area (Å²) in [4.78, 5) is 11.2. The Balaban J connectivity index is 2.55. The van der Waals surface area contributed by atoms with Crippen LogP contribution in [0.3, 0.4) is 0 Å². The van der Waals surface area contributed by atoms with Crippen LogP contribution in [0, 0.1) is 5.92 Å². The van der Waals surface area contributed by atoms with E-state index in [1.807, 2.05) is 0 Å². The van der Waals surface area contributed by atoms with Crippen LogP contribution >= 0.6 is 0 Å². The molecule has 0 aromatic carbocycles. The van der Waals surface area contributed by atoms with Crippen LogP contribution in [0.5, 0.6) is 0 Å². The van der Waals surface area contributed by atoms with Crippen LogP contribution in [-0.4, -0.2) is 23.3 Å². The van der Waals surface area contributed by atoms with Gasteiger partial charge in [0.05, 0.1) is 6.61 Å². The standard InChI is InChI=1S/C12H20O3/c1-3-4-9-15-12(11(13)14)7-5-10(2)6-8-12/h3,10H,1,4-9H2,2H3,(H,13,14). The monoisotopic (exact) mass is 212 g/mol. The Morgan fingerprint density at radius 2 is 2.20 bits per heavy atom. The first kappa shape index (κ1) is 12.2. The predicted molar refractivity (Wildman–Crippen MR) is 58.8 cm³/mol. The third-order valence-electron chi connectivity index (χ3n) is 3.17. The van der Waals surface area contributed by atoms with Crippen molar-refractivity contribution in [3.05, 3.63) is 12.7 Å². The minimum Gasteiger partial charge on any atom is -0.479 e. The maximum absolute atomic E-state index is 11.2. The highest BCUT2D eigenvalue weighted by Crippen LogP contribution is 2.35. The summed E-state index contributed by atoms with van der Waals surface area (Å²) in [5, 5.41) is 9.22. The van der Waals surface area contributed by atoms with Gasteiger partial charge in [-0.15, -0.1) is 6.58 Å². The summed E-state index contributed by atoms with van der Waals surface area (Å²) < 4.78 is 5.55. The molecular weight excluding hydrogens is 192 g/mol. The molecule has 0 heterocycles. The van der Waals surface area contributed by atoms with Gasteiger partial charge in [0.25, 0.3) is 0 Å². The van der Waals surface area contributed by atoms with Crippen molar-refractivity contribution in [2.45, 2.75) is 44.6 Å². The second-order valence-corrected chi connectivity index (χ2v) is 4.41. The molecule has 0 unspecified atom stereocenters. The number of hydrogen-bond donors (Lipinski definition) is 1. The Morgan fingerprint density at radius 1 is 1.60 bits per heavy atom. The van der Waals surface area contributed by atoms with Crippen molar-refractivity contribution in [1.29, 1.82) is 0 Å². The summed E-state index contributed by atoms with van der Waals surface area (Å²) in [7, 11) is 0. The number of carboxylic acids is 1. The van der Waals surface area contributed by atoms with E-state index >= 15 is 0 Å². The van der Waals surface area contributed by atoms with Gasteiger partial charge in [-0.2, -0.15) is 0 Å². The maximum Gasteiger partial charge on any atom is 0.335 e. The molecule has 1 N–H and O–H groups in total. The van der Waals surface area contributed by atoms with Gasteiger partial charge in [-0.25, -0.2) is 4.79 Å². The largest absolute Gasteiger partial charge is 0.479 e. The van der Waals surface area contributed by atoms with E-state index < -0.39 is 11.6 Å². The molecule has 0 aliphatic heterocycles. The fourth-order valence-corrected chi connectivity index (χ4v) is 1.99. The van der Waals surface area contributed by atoms with Crippen molar-refractivity contribution < 1.29 is 14.6 Å². The molecule has 0 radical (unpaired) electrons. The minimum atomic E-state index is -0.921. The molecule has 1 saturated carbocycles. The molecule has 1 aliphatic carbocycles. The molecule has 1 rings (SSSR count). The molecular formula is C12H20O3. The van der Waals surface area contributed by atoms with Gasteiger partial charge in [0.2, 0.25) is 0 Å². The normalized spacial score (nSPS) is 31.1. The van der Waals surface area contributed by atoms with E-state index in [0.29, 0.717) is 31.8 Å². The van der Waals surface area contributed by atoms with Crippen LogP contribution in [0.4, 0.5) is 0 Å². The number of hydrogen-bond acceptors (Lipinski definition) is 2. The van der Waals surface area contributed by atoms with E-state index in [4.69, 9.17) is 4.74 Å². The van der Waals surface area contributed by atoms with Crippen LogP contribution in [0.1, 0.15) is 39.0 Å². The highest BCUT2D eigenvalue weighted by atomic mass is 16.5. The zero-order valence-electron chi connectivity index (χ0n) is 9.37.